The van der Waals surface area contributed by atoms with Crippen LogP contribution in [0.15, 0.2) is 23.0 Å². The third-order valence-electron chi connectivity index (χ3n) is 3.20. The summed E-state index contributed by atoms with van der Waals surface area (Å²) in [7, 11) is 1.27. The Morgan fingerprint density at radius 1 is 1.32 bits per heavy atom. The Morgan fingerprint density at radius 3 is 2.72 bits per heavy atom. The maximum Gasteiger partial charge on any atom is 0.337 e. The molecule has 2 aromatic heterocycles. The average Bonchev–Trinajstić information content (AvgIpc) is 2.90. The van der Waals surface area contributed by atoms with E-state index in [4.69, 9.17) is 34.8 Å². The number of thiazole rings is 1. The highest BCUT2D eigenvalue weighted by Gasteiger charge is 2.12. The summed E-state index contributed by atoms with van der Waals surface area (Å²) in [5.74, 6) is -0.403. The first kappa shape index (κ1) is 17.9. The molecular weight excluding hydrogens is 409 g/mol. The lowest BCUT2D eigenvalue weighted by Crippen LogP contribution is -2.11. The van der Waals surface area contributed by atoms with Crippen LogP contribution in [0.2, 0.25) is 9.62 Å². The lowest BCUT2D eigenvalue weighted by atomic mass is 10.1. The van der Waals surface area contributed by atoms with E-state index in [9.17, 15) is 9.59 Å². The van der Waals surface area contributed by atoms with Gasteiger partial charge in [0.25, 0.3) is 5.56 Å². The number of carbonyl (C=O) groups is 1. The Hall–Kier alpha value is -1.93. The molecule has 6 nitrogen and oxygen atoms in total. The molecule has 0 radical (unpaired) electrons. The number of aromatic nitrogens is 3. The van der Waals surface area contributed by atoms with Crippen LogP contribution in [0.3, 0.4) is 0 Å². The van der Waals surface area contributed by atoms with E-state index >= 15 is 0 Å². The fraction of sp³-hybridized carbons (Fsp3) is 0.0667. The Labute approximate surface area is 160 Å². The van der Waals surface area contributed by atoms with E-state index in [2.05, 4.69) is 19.7 Å². The van der Waals surface area contributed by atoms with Gasteiger partial charge in [-0.3, -0.25) is 4.79 Å². The van der Waals surface area contributed by atoms with Gasteiger partial charge < -0.3 is 9.72 Å². The predicted octanol–water partition coefficient (Wildman–Crippen LogP) is 4.21. The van der Waals surface area contributed by atoms with Crippen molar-refractivity contribution in [3.8, 4) is 0 Å². The first-order chi connectivity index (χ1) is 11.9. The summed E-state index contributed by atoms with van der Waals surface area (Å²) in [5, 5.41) is 0.661. The van der Waals surface area contributed by atoms with E-state index in [1.807, 2.05) is 0 Å². The highest BCUT2D eigenvalue weighted by molar-refractivity contribution is 7.17. The summed E-state index contributed by atoms with van der Waals surface area (Å²) < 4.78 is 4.93. The van der Waals surface area contributed by atoms with Crippen molar-refractivity contribution in [3.05, 3.63) is 54.4 Å². The van der Waals surface area contributed by atoms with Crippen molar-refractivity contribution >= 4 is 74.1 Å². The van der Waals surface area contributed by atoms with E-state index in [1.54, 1.807) is 0 Å². The molecule has 0 aliphatic rings. The van der Waals surface area contributed by atoms with Gasteiger partial charge in [0.15, 0.2) is 10.3 Å². The van der Waals surface area contributed by atoms with Gasteiger partial charge in [0.05, 0.1) is 33.5 Å². The largest absolute Gasteiger partial charge is 0.465 e. The number of hydrogen-bond acceptors (Lipinski definition) is 6. The van der Waals surface area contributed by atoms with Crippen molar-refractivity contribution < 1.29 is 9.53 Å². The van der Waals surface area contributed by atoms with E-state index in [0.717, 1.165) is 11.3 Å². The molecule has 0 fully saturated rings. The molecule has 0 aliphatic heterocycles. The van der Waals surface area contributed by atoms with Gasteiger partial charge in [-0.2, -0.15) is 0 Å². The van der Waals surface area contributed by atoms with Crippen molar-refractivity contribution in [2.75, 3.05) is 7.11 Å². The van der Waals surface area contributed by atoms with Gasteiger partial charge in [-0.15, -0.1) is 11.3 Å². The summed E-state index contributed by atoms with van der Waals surface area (Å²) in [6.07, 6.45) is 1.50. The number of halogens is 3. The zero-order valence-corrected chi connectivity index (χ0v) is 15.6. The summed E-state index contributed by atoms with van der Waals surface area (Å²) in [5.41, 5.74) is 0.189. The van der Waals surface area contributed by atoms with E-state index in [-0.39, 0.29) is 26.0 Å². The Kier molecular flexibility index (Phi) is 5.10. The second-order valence-electron chi connectivity index (χ2n) is 4.75. The van der Waals surface area contributed by atoms with Crippen LogP contribution in [0.4, 0.5) is 0 Å². The fourth-order valence-electron chi connectivity index (χ4n) is 2.06. The Balaban J connectivity index is 2.11. The molecule has 0 unspecified atom stereocenters. The summed E-state index contributed by atoms with van der Waals surface area (Å²) in [6, 6.07) is 4.44. The van der Waals surface area contributed by atoms with Gasteiger partial charge in [-0.05, 0) is 24.3 Å². The number of methoxy groups -OCH3 is 1. The smallest absolute Gasteiger partial charge is 0.337 e. The molecular formula is C15H8Cl3N3O3S. The van der Waals surface area contributed by atoms with E-state index in [1.165, 1.54) is 31.4 Å². The van der Waals surface area contributed by atoms with Crippen LogP contribution in [-0.2, 0) is 4.74 Å². The monoisotopic (exact) mass is 415 g/mol. The number of esters is 1. The Morgan fingerprint density at radius 2 is 2.08 bits per heavy atom. The molecule has 3 aromatic rings. The van der Waals surface area contributed by atoms with Crippen LogP contribution in [-0.4, -0.2) is 28.0 Å². The van der Waals surface area contributed by atoms with Crippen LogP contribution in [0.5, 0.6) is 0 Å². The number of rotatable bonds is 3. The minimum Gasteiger partial charge on any atom is -0.465 e. The van der Waals surface area contributed by atoms with Gasteiger partial charge in [0.1, 0.15) is 5.15 Å². The molecule has 0 bridgehead atoms. The molecule has 0 amide bonds. The molecule has 0 aliphatic carbocycles. The van der Waals surface area contributed by atoms with Crippen LogP contribution in [0.25, 0.3) is 22.0 Å². The first-order valence-electron chi connectivity index (χ1n) is 6.71. The highest BCUT2D eigenvalue weighted by atomic mass is 35.5. The summed E-state index contributed by atoms with van der Waals surface area (Å²) in [4.78, 5) is 35.1. The fourth-order valence-corrected chi connectivity index (χ4v) is 3.63. The van der Waals surface area contributed by atoms with Crippen molar-refractivity contribution in [2.45, 2.75) is 0 Å². The second-order valence-corrected chi connectivity index (χ2v) is 7.13. The van der Waals surface area contributed by atoms with Gasteiger partial charge in [-0.25, -0.2) is 14.8 Å². The van der Waals surface area contributed by atoms with Crippen LogP contribution < -0.4 is 5.56 Å². The summed E-state index contributed by atoms with van der Waals surface area (Å²) >= 11 is 19.1. The molecule has 3 rings (SSSR count). The Bertz CT molecular complexity index is 1070. The van der Waals surface area contributed by atoms with E-state index < -0.39 is 11.5 Å². The lowest BCUT2D eigenvalue weighted by Gasteiger charge is -2.04. The molecule has 0 atom stereocenters. The normalized spacial score (nSPS) is 11.8. The maximum atomic E-state index is 12.2. The SMILES string of the molecule is COC(=O)c1ccc2c(=O)[nH]c(C(Cl)=Cc3sc(Cl)nc3Cl)nc2c1. The van der Waals surface area contributed by atoms with Gasteiger partial charge in [-0.1, -0.05) is 34.8 Å². The number of nitrogens with zero attached hydrogens (tertiary/aromatic N) is 2. The molecule has 10 heteroatoms. The molecule has 0 spiro atoms. The zero-order valence-electron chi connectivity index (χ0n) is 12.5. The topological polar surface area (TPSA) is 84.9 Å². The van der Waals surface area contributed by atoms with Gasteiger partial charge in [0.2, 0.25) is 0 Å². The third kappa shape index (κ3) is 3.69. The van der Waals surface area contributed by atoms with E-state index in [0.29, 0.717) is 15.8 Å². The number of ether oxygens (including phenoxy) is 1. The number of carbonyl (C=O) groups excluding carboxylic acids is 1. The molecule has 25 heavy (non-hydrogen) atoms. The van der Waals surface area contributed by atoms with Crippen molar-refractivity contribution in [3.63, 3.8) is 0 Å². The molecule has 0 saturated carbocycles. The number of H-pyrrole nitrogens is 1. The lowest BCUT2D eigenvalue weighted by molar-refractivity contribution is 0.0601. The minimum atomic E-state index is -0.529. The standard InChI is InChI=1S/C15H8Cl3N3O3S/c1-24-14(23)6-2-3-7-9(4-6)19-12(21-13(7)22)8(16)5-10-11(17)20-15(18)25-10/h2-5H,1H3,(H,19,21,22). The minimum absolute atomic E-state index is 0.127. The molecule has 1 N–H and O–H groups in total. The zero-order chi connectivity index (χ0) is 18.1. The van der Waals surface area contributed by atoms with Crippen molar-refractivity contribution in [2.24, 2.45) is 0 Å². The van der Waals surface area contributed by atoms with Crippen molar-refractivity contribution in [1.82, 2.24) is 15.0 Å². The number of aromatic amines is 1. The number of benzene rings is 1. The second kappa shape index (κ2) is 7.13. The molecule has 0 saturated heterocycles. The predicted molar refractivity (Wildman–Crippen MR) is 99.6 cm³/mol. The molecule has 2 heterocycles. The number of hydrogen-bond donors (Lipinski definition) is 1. The number of fused-ring (bicyclic) bond motifs is 1. The van der Waals surface area contributed by atoms with Crippen LogP contribution >= 0.6 is 46.1 Å². The average molecular weight is 417 g/mol. The van der Waals surface area contributed by atoms with Gasteiger partial charge >= 0.3 is 5.97 Å². The summed E-state index contributed by atoms with van der Waals surface area (Å²) in [6.45, 7) is 0. The highest BCUT2D eigenvalue weighted by Crippen LogP contribution is 2.31. The maximum absolute atomic E-state index is 12.2. The third-order valence-corrected chi connectivity index (χ3v) is 4.99. The molecule has 1 aromatic carbocycles. The number of nitrogens with one attached hydrogen (secondary N) is 1. The van der Waals surface area contributed by atoms with Crippen LogP contribution in [0.1, 0.15) is 21.1 Å². The quantitative estimate of drug-likeness (QED) is 0.646. The van der Waals surface area contributed by atoms with Crippen LogP contribution in [0, 0.1) is 0 Å². The van der Waals surface area contributed by atoms with Gasteiger partial charge in [0, 0.05) is 0 Å². The van der Waals surface area contributed by atoms with Crippen molar-refractivity contribution in [1.29, 1.82) is 0 Å². The first-order valence-corrected chi connectivity index (χ1v) is 8.66. The molecule has 128 valence electrons.